The summed E-state index contributed by atoms with van der Waals surface area (Å²) in [6.45, 7) is 17.6. The van der Waals surface area contributed by atoms with Crippen molar-refractivity contribution in [3.05, 3.63) is 245 Å². The van der Waals surface area contributed by atoms with Crippen LogP contribution in [0.25, 0.3) is 77.7 Å². The average Bonchev–Trinajstić information content (AvgIpc) is 3.95. The Morgan fingerprint density at radius 1 is 0.351 bits per heavy atom. The smallest absolute Gasteiger partial charge is 0.333 e. The minimum Gasteiger partial charge on any atom is -0.464 e. The molecular formula is C70H57BN2O. The normalized spacial score (nSPS) is 12.5. The van der Waals surface area contributed by atoms with Crippen LogP contribution in [0.1, 0.15) is 44.5 Å². The largest absolute Gasteiger partial charge is 0.464 e. The molecule has 11 aromatic rings. The van der Waals surface area contributed by atoms with Crippen LogP contribution in [0, 0.1) is 55.4 Å². The van der Waals surface area contributed by atoms with E-state index in [-0.39, 0.29) is 6.85 Å². The number of hydrogen-bond acceptors (Lipinski definition) is 3. The molecule has 0 unspecified atom stereocenters. The van der Waals surface area contributed by atoms with Crippen molar-refractivity contribution in [3.8, 4) is 66.8 Å². The van der Waals surface area contributed by atoms with E-state index in [2.05, 4.69) is 259 Å². The highest BCUT2D eigenvalue weighted by Crippen LogP contribution is 2.52. The predicted octanol–water partition coefficient (Wildman–Crippen LogP) is 17.9. The van der Waals surface area contributed by atoms with Crippen molar-refractivity contribution in [2.75, 3.05) is 9.71 Å². The topological polar surface area (TPSA) is 19.6 Å². The van der Waals surface area contributed by atoms with Gasteiger partial charge in [-0.3, -0.25) is 0 Å². The maximum Gasteiger partial charge on any atom is 0.333 e. The van der Waals surface area contributed by atoms with Gasteiger partial charge in [-0.1, -0.05) is 145 Å². The molecule has 3 heterocycles. The highest BCUT2D eigenvalue weighted by Gasteiger charge is 2.46. The van der Waals surface area contributed by atoms with E-state index < -0.39 is 0 Å². The summed E-state index contributed by atoms with van der Waals surface area (Å²) >= 11 is 0. The van der Waals surface area contributed by atoms with Crippen LogP contribution in [0.2, 0.25) is 0 Å². The van der Waals surface area contributed by atoms with Gasteiger partial charge in [0.1, 0.15) is 5.58 Å². The second kappa shape index (κ2) is 17.6. The number of nitrogens with zero attached hydrogens (tertiary/aromatic N) is 2. The summed E-state index contributed by atoms with van der Waals surface area (Å²) in [4.78, 5) is 5.19. The molecule has 10 aromatic carbocycles. The van der Waals surface area contributed by atoms with Crippen LogP contribution in [-0.2, 0) is 0 Å². The zero-order valence-corrected chi connectivity index (χ0v) is 43.4. The molecule has 74 heavy (non-hydrogen) atoms. The maximum atomic E-state index is 6.74. The van der Waals surface area contributed by atoms with E-state index in [4.69, 9.17) is 4.42 Å². The molecule has 0 atom stereocenters. The molecule has 0 N–H and O–H groups in total. The van der Waals surface area contributed by atoms with Gasteiger partial charge < -0.3 is 14.1 Å². The van der Waals surface area contributed by atoms with Gasteiger partial charge in [0.15, 0.2) is 0 Å². The number of furan rings is 1. The molecule has 0 aliphatic carbocycles. The first kappa shape index (κ1) is 45.3. The van der Waals surface area contributed by atoms with Crippen molar-refractivity contribution in [3.63, 3.8) is 0 Å². The third-order valence-electron chi connectivity index (χ3n) is 15.9. The standard InChI is InChI=1S/C70H57BN2O/c1-42-32-46(5)66(47(6)33-42)52-22-26-58(27-23-52)73-62-29-25-53(67-48(7)34-43(2)35-49(67)8)39-60(62)68-69-64(41-55-30-31-74-70(55)68)72(63-40-54(24-28-61(63)71(69)73)65-44(3)16-15-17-45(65)4)59-37-56(50-18-11-9-12-19-50)36-57(38-59)51-20-13-10-14-21-51/h9-41H,1-8H3. The van der Waals surface area contributed by atoms with Crippen molar-refractivity contribution in [1.29, 1.82) is 0 Å². The Morgan fingerprint density at radius 2 is 0.892 bits per heavy atom. The lowest BCUT2D eigenvalue weighted by molar-refractivity contribution is 0.617. The lowest BCUT2D eigenvalue weighted by Crippen LogP contribution is -2.61. The molecule has 0 bridgehead atoms. The monoisotopic (exact) mass is 952 g/mol. The Hall–Kier alpha value is -8.60. The van der Waals surface area contributed by atoms with Crippen molar-refractivity contribution < 1.29 is 4.42 Å². The first-order valence-corrected chi connectivity index (χ1v) is 26.0. The van der Waals surface area contributed by atoms with E-state index >= 15 is 0 Å². The summed E-state index contributed by atoms with van der Waals surface area (Å²) in [5, 5.41) is 1.07. The molecule has 0 fully saturated rings. The minimum absolute atomic E-state index is 0.214. The van der Waals surface area contributed by atoms with Gasteiger partial charge in [-0.05, 0) is 216 Å². The lowest BCUT2D eigenvalue weighted by atomic mass is 9.43. The molecule has 2 aliphatic heterocycles. The first-order valence-electron chi connectivity index (χ1n) is 26.0. The van der Waals surface area contributed by atoms with E-state index in [0.29, 0.717) is 0 Å². The van der Waals surface area contributed by atoms with Crippen LogP contribution in [0.5, 0.6) is 0 Å². The van der Waals surface area contributed by atoms with Crippen molar-refractivity contribution in [2.24, 2.45) is 0 Å². The number of fused-ring (bicyclic) bond motifs is 6. The van der Waals surface area contributed by atoms with Gasteiger partial charge in [0, 0.05) is 45.0 Å². The van der Waals surface area contributed by atoms with Crippen LogP contribution in [-0.4, -0.2) is 6.85 Å². The van der Waals surface area contributed by atoms with Crippen LogP contribution in [0.4, 0.5) is 28.4 Å². The zero-order valence-electron chi connectivity index (χ0n) is 43.4. The van der Waals surface area contributed by atoms with E-state index in [1.165, 1.54) is 99.9 Å². The van der Waals surface area contributed by atoms with Crippen LogP contribution in [0.3, 0.4) is 0 Å². The van der Waals surface area contributed by atoms with E-state index in [0.717, 1.165) is 61.7 Å². The van der Waals surface area contributed by atoms with Crippen molar-refractivity contribution >= 4 is 57.2 Å². The molecule has 0 saturated heterocycles. The summed E-state index contributed by atoms with van der Waals surface area (Å²) in [5.41, 5.74) is 33.7. The Labute approximate surface area is 436 Å². The van der Waals surface area contributed by atoms with E-state index in [9.17, 15) is 0 Å². The summed E-state index contributed by atoms with van der Waals surface area (Å²) in [7, 11) is 0. The SMILES string of the molecule is Cc1cc(C)c(-c2ccc(N3B4c5ccc(-c6c(C)cccc6C)cc5N(c5cc(-c6ccccc6)cc(-c6ccccc6)c5)c5cc6ccoc6c(c54)-c4cc(-c5c(C)cc(C)cc5C)ccc43)cc2)c(C)c1. The Bertz CT molecular complexity index is 3930. The van der Waals surface area contributed by atoms with Crippen LogP contribution in [0.15, 0.2) is 205 Å². The maximum absolute atomic E-state index is 6.74. The van der Waals surface area contributed by atoms with Crippen LogP contribution < -0.4 is 20.6 Å². The Kier molecular flexibility index (Phi) is 10.7. The molecule has 2 aliphatic rings. The third-order valence-corrected chi connectivity index (χ3v) is 15.9. The van der Waals surface area contributed by atoms with Gasteiger partial charge in [0.25, 0.3) is 0 Å². The number of benzene rings is 10. The number of aryl methyl sites for hydroxylation is 8. The highest BCUT2D eigenvalue weighted by molar-refractivity contribution is 6.94. The summed E-state index contributed by atoms with van der Waals surface area (Å²) in [6, 6.07) is 73.0. The minimum atomic E-state index is -0.214. The van der Waals surface area contributed by atoms with Gasteiger partial charge in [-0.2, -0.15) is 0 Å². The van der Waals surface area contributed by atoms with E-state index in [1.807, 2.05) is 6.26 Å². The molecule has 0 radical (unpaired) electrons. The highest BCUT2D eigenvalue weighted by atomic mass is 16.3. The zero-order chi connectivity index (χ0) is 50.5. The molecule has 0 spiro atoms. The quantitative estimate of drug-likeness (QED) is 0.148. The fourth-order valence-electron chi connectivity index (χ4n) is 13.0. The summed E-state index contributed by atoms with van der Waals surface area (Å²) < 4.78 is 6.74. The molecule has 0 saturated carbocycles. The Balaban J connectivity index is 1.14. The van der Waals surface area contributed by atoms with Crippen molar-refractivity contribution in [2.45, 2.75) is 55.4 Å². The van der Waals surface area contributed by atoms with Gasteiger partial charge in [-0.25, -0.2) is 0 Å². The molecule has 3 nitrogen and oxygen atoms in total. The number of anilines is 5. The molecule has 0 amide bonds. The van der Waals surface area contributed by atoms with Crippen LogP contribution >= 0.6 is 0 Å². The fraction of sp³-hybridized carbons (Fsp3) is 0.114. The van der Waals surface area contributed by atoms with Gasteiger partial charge in [0.2, 0.25) is 0 Å². The lowest BCUT2D eigenvalue weighted by Gasteiger charge is -2.46. The number of hydrogen-bond donors (Lipinski definition) is 0. The second-order valence-electron chi connectivity index (χ2n) is 21.0. The van der Waals surface area contributed by atoms with Gasteiger partial charge in [0.05, 0.1) is 6.26 Å². The summed E-state index contributed by atoms with van der Waals surface area (Å²) in [5.74, 6) is 0. The molecule has 4 heteroatoms. The average molecular weight is 953 g/mol. The Morgan fingerprint density at radius 3 is 1.50 bits per heavy atom. The number of rotatable bonds is 7. The fourth-order valence-corrected chi connectivity index (χ4v) is 13.0. The van der Waals surface area contributed by atoms with E-state index in [1.54, 1.807) is 0 Å². The summed E-state index contributed by atoms with van der Waals surface area (Å²) in [6.07, 6.45) is 1.87. The first-order chi connectivity index (χ1) is 36.0. The molecular weight excluding hydrogens is 896 g/mol. The van der Waals surface area contributed by atoms with Gasteiger partial charge in [-0.15, -0.1) is 0 Å². The molecule has 1 aromatic heterocycles. The second-order valence-corrected chi connectivity index (χ2v) is 21.0. The van der Waals surface area contributed by atoms with Crippen molar-refractivity contribution in [1.82, 2.24) is 0 Å². The third kappa shape index (κ3) is 7.34. The molecule has 13 rings (SSSR count). The predicted molar refractivity (Wildman–Crippen MR) is 315 cm³/mol. The van der Waals surface area contributed by atoms with Gasteiger partial charge >= 0.3 is 6.85 Å². The molecule has 356 valence electrons.